The molecule has 9 aromatic rings. The van der Waals surface area contributed by atoms with E-state index in [0.29, 0.717) is 0 Å². The Bertz CT molecular complexity index is 2970. The lowest BCUT2D eigenvalue weighted by Gasteiger charge is -2.33. The summed E-state index contributed by atoms with van der Waals surface area (Å²) in [6, 6.07) is 60.6. The number of para-hydroxylation sites is 2. The maximum Gasteiger partial charge on any atom is 0.0566 e. The van der Waals surface area contributed by atoms with Crippen molar-refractivity contribution in [3.8, 4) is 27.9 Å². The molecular weight excluding hydrogens is 605 g/mol. The first-order chi connectivity index (χ1) is 24.8. The minimum atomic E-state index is 0.156. The number of anilines is 2. The minimum absolute atomic E-state index is 0.156. The Morgan fingerprint density at radius 2 is 1.20 bits per heavy atom. The van der Waals surface area contributed by atoms with Crippen molar-refractivity contribution in [1.82, 2.24) is 4.57 Å². The molecule has 234 valence electrons. The van der Waals surface area contributed by atoms with E-state index in [1.165, 1.54) is 93.1 Å². The van der Waals surface area contributed by atoms with Crippen molar-refractivity contribution in [2.45, 2.75) is 12.5 Å². The van der Waals surface area contributed by atoms with Crippen molar-refractivity contribution in [3.63, 3.8) is 0 Å². The van der Waals surface area contributed by atoms with Crippen LogP contribution in [-0.2, 0) is 0 Å². The van der Waals surface area contributed by atoms with Gasteiger partial charge in [0.2, 0.25) is 0 Å². The molecule has 2 aliphatic carbocycles. The molecule has 0 saturated heterocycles. The molecule has 0 bridgehead atoms. The van der Waals surface area contributed by atoms with Crippen molar-refractivity contribution in [1.29, 1.82) is 0 Å². The van der Waals surface area contributed by atoms with Crippen LogP contribution in [0.25, 0.3) is 83.4 Å². The molecule has 2 nitrogen and oxygen atoms in total. The Labute approximate surface area is 290 Å². The van der Waals surface area contributed by atoms with E-state index in [1.54, 1.807) is 0 Å². The van der Waals surface area contributed by atoms with Crippen LogP contribution in [0.5, 0.6) is 0 Å². The molecule has 0 amide bonds. The molecule has 0 spiro atoms. The van der Waals surface area contributed by atoms with E-state index < -0.39 is 0 Å². The van der Waals surface area contributed by atoms with Crippen LogP contribution < -0.4 is 15.3 Å². The summed E-state index contributed by atoms with van der Waals surface area (Å²) in [4.78, 5) is 2.57. The summed E-state index contributed by atoms with van der Waals surface area (Å²) in [7, 11) is 0. The van der Waals surface area contributed by atoms with Gasteiger partial charge in [0.05, 0.1) is 17.1 Å². The summed E-state index contributed by atoms with van der Waals surface area (Å²) in [5, 5.41) is 10.4. The van der Waals surface area contributed by atoms with Crippen LogP contribution >= 0.6 is 0 Å². The first-order valence-electron chi connectivity index (χ1n) is 17.5. The number of hydrogen-bond acceptors (Lipinski definition) is 1. The monoisotopic (exact) mass is 636 g/mol. The molecule has 11 rings (SSSR count). The van der Waals surface area contributed by atoms with Crippen LogP contribution in [-0.4, -0.2) is 10.6 Å². The van der Waals surface area contributed by atoms with Gasteiger partial charge in [-0.3, -0.25) is 0 Å². The van der Waals surface area contributed by atoms with Gasteiger partial charge in [-0.2, -0.15) is 0 Å². The lowest BCUT2D eigenvalue weighted by molar-refractivity contribution is 0.838. The summed E-state index contributed by atoms with van der Waals surface area (Å²) in [6.07, 6.45) is 5.80. The topological polar surface area (TPSA) is 8.17 Å². The standard InChI is InChI=1S/C48H32N2/c1-2-15-35(16-3-1)50-45-20-9-8-18-40(45)44-30-38(24-26-46(44)50)49(36-22-21-31-11-4-5-12-32(31)28-36)37-23-25-42-43(29-37)41-19-10-14-34-27-33-13-6-7-17-39(33)48(42)47(34)41/h1-21,23-30,36H,22H2. The Balaban J connectivity index is 1.15. The summed E-state index contributed by atoms with van der Waals surface area (Å²) >= 11 is 0. The van der Waals surface area contributed by atoms with Gasteiger partial charge in [-0.1, -0.05) is 121 Å². The van der Waals surface area contributed by atoms with Crippen molar-refractivity contribution in [3.05, 3.63) is 174 Å². The maximum atomic E-state index is 2.57. The van der Waals surface area contributed by atoms with Gasteiger partial charge in [0.1, 0.15) is 0 Å². The Morgan fingerprint density at radius 1 is 0.480 bits per heavy atom. The predicted octanol–water partition coefficient (Wildman–Crippen LogP) is 10.9. The van der Waals surface area contributed by atoms with E-state index in [9.17, 15) is 0 Å². The molecule has 1 heterocycles. The average molecular weight is 637 g/mol. The Hall–Kier alpha value is -6.38. The largest absolute Gasteiger partial charge is 0.334 e. The van der Waals surface area contributed by atoms with E-state index in [-0.39, 0.29) is 6.04 Å². The molecule has 0 radical (unpaired) electrons. The molecule has 2 aliphatic rings. The highest BCUT2D eigenvalue weighted by Gasteiger charge is 2.27. The fourth-order valence-electron chi connectivity index (χ4n) is 8.80. The van der Waals surface area contributed by atoms with Crippen molar-refractivity contribution >= 4 is 66.9 Å². The van der Waals surface area contributed by atoms with E-state index in [2.05, 4.69) is 185 Å². The van der Waals surface area contributed by atoms with Crippen molar-refractivity contribution < 1.29 is 0 Å². The summed E-state index contributed by atoms with van der Waals surface area (Å²) in [5.74, 6) is 0. The number of nitrogens with zero attached hydrogens (tertiary/aromatic N) is 2. The summed E-state index contributed by atoms with van der Waals surface area (Å²) in [6.45, 7) is 0. The minimum Gasteiger partial charge on any atom is -0.334 e. The number of hydrogen-bond donors (Lipinski definition) is 0. The van der Waals surface area contributed by atoms with Gasteiger partial charge < -0.3 is 9.47 Å². The molecule has 2 heteroatoms. The van der Waals surface area contributed by atoms with Gasteiger partial charge in [0.15, 0.2) is 0 Å². The second-order valence-electron chi connectivity index (χ2n) is 13.7. The lowest BCUT2D eigenvalue weighted by atomic mass is 9.95. The van der Waals surface area contributed by atoms with Crippen molar-refractivity contribution in [2.75, 3.05) is 4.90 Å². The fourth-order valence-corrected chi connectivity index (χ4v) is 8.80. The number of aromatic nitrogens is 1. The second-order valence-corrected chi connectivity index (χ2v) is 13.7. The molecule has 1 aromatic heterocycles. The van der Waals surface area contributed by atoms with Crippen LogP contribution in [0.15, 0.2) is 164 Å². The van der Waals surface area contributed by atoms with Crippen LogP contribution in [0.4, 0.5) is 11.4 Å². The molecule has 0 saturated carbocycles. The van der Waals surface area contributed by atoms with E-state index >= 15 is 0 Å². The van der Waals surface area contributed by atoms with E-state index in [1.807, 2.05) is 0 Å². The lowest BCUT2D eigenvalue weighted by Crippen LogP contribution is -2.37. The molecule has 1 unspecified atom stereocenters. The summed E-state index contributed by atoms with van der Waals surface area (Å²) < 4.78 is 2.40. The van der Waals surface area contributed by atoms with Crippen molar-refractivity contribution in [2.24, 2.45) is 0 Å². The quantitative estimate of drug-likeness (QED) is 0.175. The number of fused-ring (bicyclic) bond motifs is 9. The zero-order chi connectivity index (χ0) is 32.8. The van der Waals surface area contributed by atoms with Crippen LogP contribution in [0.3, 0.4) is 0 Å². The SMILES string of the molecule is C1=c2ccccc2=CC(N(c2ccc3c(c2)-c2cccc4cc5ccccc5c-3c24)c2ccc3c(c2)c2ccccc2n3-c2ccccc2)C1. The molecule has 50 heavy (non-hydrogen) atoms. The average Bonchev–Trinajstić information content (AvgIpc) is 3.69. The van der Waals surface area contributed by atoms with E-state index in [4.69, 9.17) is 0 Å². The molecule has 0 aliphatic heterocycles. The zero-order valence-corrected chi connectivity index (χ0v) is 27.4. The van der Waals surface area contributed by atoms with Crippen LogP contribution in [0.2, 0.25) is 0 Å². The molecule has 8 aromatic carbocycles. The molecule has 0 N–H and O–H groups in total. The third kappa shape index (κ3) is 3.96. The van der Waals surface area contributed by atoms with Crippen LogP contribution in [0.1, 0.15) is 6.42 Å². The zero-order valence-electron chi connectivity index (χ0n) is 27.4. The first-order valence-corrected chi connectivity index (χ1v) is 17.5. The molecular formula is C48H32N2. The van der Waals surface area contributed by atoms with Gasteiger partial charge in [0, 0.05) is 27.8 Å². The van der Waals surface area contributed by atoms with Gasteiger partial charge in [-0.15, -0.1) is 0 Å². The fraction of sp³-hybridized carbons (Fsp3) is 0.0417. The molecule has 0 fully saturated rings. The highest BCUT2D eigenvalue weighted by molar-refractivity contribution is 6.24. The van der Waals surface area contributed by atoms with Gasteiger partial charge in [-0.25, -0.2) is 0 Å². The Kier molecular flexibility index (Phi) is 5.82. The maximum absolute atomic E-state index is 2.57. The van der Waals surface area contributed by atoms with E-state index in [0.717, 1.165) is 6.42 Å². The smallest absolute Gasteiger partial charge is 0.0566 e. The third-order valence-electron chi connectivity index (χ3n) is 11.0. The van der Waals surface area contributed by atoms with Gasteiger partial charge in [-0.05, 0) is 115 Å². The van der Waals surface area contributed by atoms with Gasteiger partial charge in [0.25, 0.3) is 0 Å². The number of rotatable bonds is 4. The number of benzene rings is 8. The van der Waals surface area contributed by atoms with Gasteiger partial charge >= 0.3 is 0 Å². The second kappa shape index (κ2) is 10.6. The highest BCUT2D eigenvalue weighted by atomic mass is 15.2. The summed E-state index contributed by atoms with van der Waals surface area (Å²) in [5.41, 5.74) is 11.3. The normalized spacial score (nSPS) is 14.4. The first kappa shape index (κ1) is 27.6. The molecule has 1 atom stereocenters. The highest BCUT2D eigenvalue weighted by Crippen LogP contribution is 2.52. The third-order valence-corrected chi connectivity index (χ3v) is 11.0. The predicted molar refractivity (Wildman–Crippen MR) is 212 cm³/mol. The Morgan fingerprint density at radius 3 is 2.12 bits per heavy atom. The van der Waals surface area contributed by atoms with Crippen LogP contribution in [0, 0.1) is 0 Å².